The molecule has 2 N–H and O–H groups in total. The van der Waals surface area contributed by atoms with Crippen molar-refractivity contribution in [2.75, 3.05) is 5.73 Å². The van der Waals surface area contributed by atoms with Gasteiger partial charge in [-0.05, 0) is 55.7 Å². The van der Waals surface area contributed by atoms with Crippen LogP contribution in [0.4, 0.5) is 5.69 Å². The highest BCUT2D eigenvalue weighted by Gasteiger charge is 2.14. The highest BCUT2D eigenvalue weighted by molar-refractivity contribution is 9.10. The van der Waals surface area contributed by atoms with Crippen molar-refractivity contribution in [3.05, 3.63) is 62.6 Å². The predicted octanol–water partition coefficient (Wildman–Crippen LogP) is 4.38. The second-order valence-corrected chi connectivity index (χ2v) is 6.12. The fraction of sp³-hybridized carbons (Fsp3) is 0.235. The number of carbonyl (C=O) groups is 1. The molecule has 0 aliphatic carbocycles. The Kier molecular flexibility index (Phi) is 4.29. The minimum atomic E-state index is 0.0545. The van der Waals surface area contributed by atoms with Gasteiger partial charge in [0.2, 0.25) is 0 Å². The van der Waals surface area contributed by atoms with Gasteiger partial charge in [0.25, 0.3) is 0 Å². The minimum Gasteiger partial charge on any atom is -0.398 e. The Labute approximate surface area is 128 Å². The molecule has 0 fully saturated rings. The standard InChI is InChI=1S/C17H18BrNO/c1-10-6-11(2)14(12(3)7-10)9-17(20)15-8-13(18)4-5-16(15)19/h4-8H,9,19H2,1-3H3. The molecule has 0 radical (unpaired) electrons. The van der Waals surface area contributed by atoms with Gasteiger partial charge in [-0.3, -0.25) is 4.79 Å². The van der Waals surface area contributed by atoms with Crippen LogP contribution in [-0.4, -0.2) is 5.78 Å². The molecule has 0 unspecified atom stereocenters. The molecule has 0 amide bonds. The number of ketones is 1. The van der Waals surface area contributed by atoms with Crippen LogP contribution in [0.15, 0.2) is 34.8 Å². The fourth-order valence-electron chi connectivity index (χ4n) is 2.51. The Morgan fingerprint density at radius 2 is 1.70 bits per heavy atom. The Morgan fingerprint density at radius 1 is 1.10 bits per heavy atom. The molecule has 0 aliphatic rings. The summed E-state index contributed by atoms with van der Waals surface area (Å²) >= 11 is 3.38. The van der Waals surface area contributed by atoms with Crippen molar-refractivity contribution in [3.63, 3.8) is 0 Å². The molecule has 0 aliphatic heterocycles. The van der Waals surface area contributed by atoms with E-state index in [4.69, 9.17) is 5.73 Å². The number of rotatable bonds is 3. The summed E-state index contributed by atoms with van der Waals surface area (Å²) in [5.41, 5.74) is 11.6. The third-order valence-corrected chi connectivity index (χ3v) is 3.99. The van der Waals surface area contributed by atoms with E-state index in [9.17, 15) is 4.79 Å². The van der Waals surface area contributed by atoms with Crippen LogP contribution in [0.1, 0.15) is 32.6 Å². The lowest BCUT2D eigenvalue weighted by molar-refractivity contribution is 0.0993. The number of nitrogens with two attached hydrogens (primary N) is 1. The molecule has 0 aromatic heterocycles. The number of aryl methyl sites for hydroxylation is 3. The third-order valence-electron chi connectivity index (χ3n) is 3.49. The maximum atomic E-state index is 12.5. The molecule has 3 heteroatoms. The summed E-state index contributed by atoms with van der Waals surface area (Å²) in [5.74, 6) is 0.0545. The Hall–Kier alpha value is -1.61. The van der Waals surface area contributed by atoms with Gasteiger partial charge in [-0.25, -0.2) is 0 Å². The van der Waals surface area contributed by atoms with Gasteiger partial charge in [0.15, 0.2) is 5.78 Å². The lowest BCUT2D eigenvalue weighted by atomic mass is 9.93. The van der Waals surface area contributed by atoms with Gasteiger partial charge in [-0.1, -0.05) is 33.6 Å². The fourth-order valence-corrected chi connectivity index (χ4v) is 2.88. The van der Waals surface area contributed by atoms with E-state index in [1.54, 1.807) is 12.1 Å². The van der Waals surface area contributed by atoms with Gasteiger partial charge in [0.1, 0.15) is 0 Å². The van der Waals surface area contributed by atoms with E-state index < -0.39 is 0 Å². The largest absolute Gasteiger partial charge is 0.398 e. The summed E-state index contributed by atoms with van der Waals surface area (Å²) in [5, 5.41) is 0. The number of hydrogen-bond donors (Lipinski definition) is 1. The van der Waals surface area contributed by atoms with Gasteiger partial charge in [0, 0.05) is 22.1 Å². The highest BCUT2D eigenvalue weighted by atomic mass is 79.9. The average Bonchev–Trinajstić information content (AvgIpc) is 2.36. The zero-order valence-electron chi connectivity index (χ0n) is 12.0. The van der Waals surface area contributed by atoms with Crippen molar-refractivity contribution >= 4 is 27.4 Å². The first-order valence-corrected chi connectivity index (χ1v) is 7.32. The predicted molar refractivity (Wildman–Crippen MR) is 87.2 cm³/mol. The van der Waals surface area contributed by atoms with Crippen LogP contribution < -0.4 is 5.73 Å². The van der Waals surface area contributed by atoms with E-state index in [-0.39, 0.29) is 5.78 Å². The minimum absolute atomic E-state index is 0.0545. The zero-order valence-corrected chi connectivity index (χ0v) is 13.5. The lowest BCUT2D eigenvalue weighted by Crippen LogP contribution is -2.09. The average molecular weight is 332 g/mol. The molecule has 104 valence electrons. The first-order valence-electron chi connectivity index (χ1n) is 6.53. The normalized spacial score (nSPS) is 10.6. The summed E-state index contributed by atoms with van der Waals surface area (Å²) < 4.78 is 0.868. The van der Waals surface area contributed by atoms with Crippen molar-refractivity contribution in [2.45, 2.75) is 27.2 Å². The maximum absolute atomic E-state index is 12.5. The van der Waals surface area contributed by atoms with Crippen molar-refractivity contribution in [1.82, 2.24) is 0 Å². The van der Waals surface area contributed by atoms with Crippen molar-refractivity contribution in [1.29, 1.82) is 0 Å². The number of Topliss-reactive ketones (excluding diaryl/α,β-unsaturated/α-hetero) is 1. The number of benzene rings is 2. The van der Waals surface area contributed by atoms with E-state index in [0.29, 0.717) is 17.7 Å². The summed E-state index contributed by atoms with van der Waals surface area (Å²) in [4.78, 5) is 12.5. The number of carbonyl (C=O) groups excluding carboxylic acids is 1. The first kappa shape index (κ1) is 14.8. The molecule has 0 saturated carbocycles. The van der Waals surface area contributed by atoms with Gasteiger partial charge in [-0.2, -0.15) is 0 Å². The van der Waals surface area contributed by atoms with Crippen LogP contribution >= 0.6 is 15.9 Å². The van der Waals surface area contributed by atoms with Gasteiger partial charge >= 0.3 is 0 Å². The highest BCUT2D eigenvalue weighted by Crippen LogP contribution is 2.23. The lowest BCUT2D eigenvalue weighted by Gasteiger charge is -2.12. The number of anilines is 1. The van der Waals surface area contributed by atoms with Crippen molar-refractivity contribution in [3.8, 4) is 0 Å². The smallest absolute Gasteiger partial charge is 0.169 e. The van der Waals surface area contributed by atoms with E-state index in [0.717, 1.165) is 21.2 Å². The van der Waals surface area contributed by atoms with Gasteiger partial charge in [0.05, 0.1) is 0 Å². The molecule has 0 atom stereocenters. The van der Waals surface area contributed by atoms with E-state index >= 15 is 0 Å². The molecule has 2 rings (SSSR count). The number of halogens is 1. The number of nitrogen functional groups attached to an aromatic ring is 1. The monoisotopic (exact) mass is 331 g/mol. The zero-order chi connectivity index (χ0) is 14.9. The Balaban J connectivity index is 2.35. The van der Waals surface area contributed by atoms with Crippen LogP contribution in [-0.2, 0) is 6.42 Å². The SMILES string of the molecule is Cc1cc(C)c(CC(=O)c2cc(Br)ccc2N)c(C)c1. The molecule has 0 bridgehead atoms. The molecular weight excluding hydrogens is 314 g/mol. The van der Waals surface area contributed by atoms with Crippen LogP contribution in [0, 0.1) is 20.8 Å². The Bertz CT molecular complexity index is 654. The molecular formula is C17H18BrNO. The quantitative estimate of drug-likeness (QED) is 0.669. The molecule has 2 aromatic rings. The van der Waals surface area contributed by atoms with E-state index in [1.807, 2.05) is 19.9 Å². The van der Waals surface area contributed by atoms with Crippen LogP contribution in [0.25, 0.3) is 0 Å². The second-order valence-electron chi connectivity index (χ2n) is 5.21. The topological polar surface area (TPSA) is 43.1 Å². The van der Waals surface area contributed by atoms with Crippen molar-refractivity contribution in [2.24, 2.45) is 0 Å². The molecule has 2 nitrogen and oxygen atoms in total. The van der Waals surface area contributed by atoms with Crippen LogP contribution in [0.2, 0.25) is 0 Å². The summed E-state index contributed by atoms with van der Waals surface area (Å²) in [6, 6.07) is 9.61. The Morgan fingerprint density at radius 3 is 2.30 bits per heavy atom. The van der Waals surface area contributed by atoms with E-state index in [1.165, 1.54) is 5.56 Å². The molecule has 0 spiro atoms. The van der Waals surface area contributed by atoms with Crippen LogP contribution in [0.5, 0.6) is 0 Å². The molecule has 0 heterocycles. The van der Waals surface area contributed by atoms with Crippen molar-refractivity contribution < 1.29 is 4.79 Å². The maximum Gasteiger partial charge on any atom is 0.169 e. The summed E-state index contributed by atoms with van der Waals surface area (Å²) in [6.07, 6.45) is 0.387. The van der Waals surface area contributed by atoms with Crippen LogP contribution in [0.3, 0.4) is 0 Å². The molecule has 2 aromatic carbocycles. The molecule has 20 heavy (non-hydrogen) atoms. The summed E-state index contributed by atoms with van der Waals surface area (Å²) in [6.45, 7) is 6.16. The summed E-state index contributed by atoms with van der Waals surface area (Å²) in [7, 11) is 0. The third kappa shape index (κ3) is 3.10. The molecule has 0 saturated heterocycles. The van der Waals surface area contributed by atoms with E-state index in [2.05, 4.69) is 35.0 Å². The number of hydrogen-bond acceptors (Lipinski definition) is 2. The first-order chi connectivity index (χ1) is 9.38. The second kappa shape index (κ2) is 5.80. The van der Waals surface area contributed by atoms with Gasteiger partial charge in [-0.15, -0.1) is 0 Å². The van der Waals surface area contributed by atoms with Gasteiger partial charge < -0.3 is 5.73 Å².